The summed E-state index contributed by atoms with van der Waals surface area (Å²) in [4.78, 5) is 22.3. The second-order valence-electron chi connectivity index (χ2n) is 6.76. The molecule has 1 saturated heterocycles. The number of pyridine rings is 1. The van der Waals surface area contributed by atoms with Crippen LogP contribution in [0.3, 0.4) is 0 Å². The maximum absolute atomic E-state index is 13.4. The Morgan fingerprint density at radius 1 is 1.39 bits per heavy atom. The minimum Gasteiger partial charge on any atom is -0.443 e. The molecule has 0 radical (unpaired) electrons. The first-order chi connectivity index (χ1) is 13.3. The van der Waals surface area contributed by atoms with Crippen molar-refractivity contribution in [3.8, 4) is 11.3 Å². The third-order valence-electron chi connectivity index (χ3n) is 4.75. The predicted molar refractivity (Wildman–Crippen MR) is 91.6 cm³/mol. The number of imidazole rings is 1. The Morgan fingerprint density at radius 2 is 2.21 bits per heavy atom. The fourth-order valence-electron chi connectivity index (χ4n) is 3.32. The molecule has 0 N–H and O–H groups in total. The number of oxazole rings is 1. The van der Waals surface area contributed by atoms with Crippen molar-refractivity contribution in [1.29, 1.82) is 0 Å². The van der Waals surface area contributed by atoms with Crippen molar-refractivity contribution in [2.75, 3.05) is 26.8 Å². The van der Waals surface area contributed by atoms with E-state index in [2.05, 4.69) is 9.97 Å². The molecule has 148 valence electrons. The highest BCUT2D eigenvalue weighted by Crippen LogP contribution is 2.34. The number of hydrogen-bond donors (Lipinski definition) is 0. The zero-order valence-electron chi connectivity index (χ0n) is 14.9. The summed E-state index contributed by atoms with van der Waals surface area (Å²) in [5, 5.41) is 0. The van der Waals surface area contributed by atoms with E-state index in [1.807, 2.05) is 0 Å². The molecule has 1 aliphatic heterocycles. The highest BCUT2D eigenvalue weighted by atomic mass is 19.4. The molecule has 3 aromatic heterocycles. The second kappa shape index (κ2) is 6.93. The smallest absolute Gasteiger partial charge is 0.417 e. The Morgan fingerprint density at radius 3 is 2.86 bits per heavy atom. The zero-order chi connectivity index (χ0) is 19.9. The number of carbonyl (C=O) groups excluding carboxylic acids is 1. The maximum atomic E-state index is 13.4. The molecule has 1 unspecified atom stereocenters. The van der Waals surface area contributed by atoms with Gasteiger partial charge in [-0.05, 0) is 12.5 Å². The van der Waals surface area contributed by atoms with Gasteiger partial charge in [-0.2, -0.15) is 13.2 Å². The Kier molecular flexibility index (Phi) is 4.58. The first-order valence-electron chi connectivity index (χ1n) is 8.65. The first kappa shape index (κ1) is 18.5. The van der Waals surface area contributed by atoms with Crippen LogP contribution in [0.4, 0.5) is 13.2 Å². The Balaban J connectivity index is 1.77. The monoisotopic (exact) mass is 394 g/mol. The second-order valence-corrected chi connectivity index (χ2v) is 6.76. The van der Waals surface area contributed by atoms with Crippen LogP contribution in [-0.2, 0) is 10.9 Å². The number of aromatic nitrogens is 3. The normalized spacial score (nSPS) is 17.4. The van der Waals surface area contributed by atoms with Gasteiger partial charge in [0.1, 0.15) is 11.3 Å². The van der Waals surface area contributed by atoms with Gasteiger partial charge in [-0.3, -0.25) is 9.20 Å². The fourth-order valence-corrected chi connectivity index (χ4v) is 3.32. The van der Waals surface area contributed by atoms with Crippen LogP contribution in [0.1, 0.15) is 22.5 Å². The van der Waals surface area contributed by atoms with E-state index in [0.717, 1.165) is 29.5 Å². The van der Waals surface area contributed by atoms with E-state index in [9.17, 15) is 18.0 Å². The van der Waals surface area contributed by atoms with E-state index >= 15 is 0 Å². The average Bonchev–Trinajstić information content (AvgIpc) is 3.40. The average molecular weight is 394 g/mol. The highest BCUT2D eigenvalue weighted by Gasteiger charge is 2.33. The number of nitrogens with zero attached hydrogens (tertiary/aromatic N) is 4. The van der Waals surface area contributed by atoms with Gasteiger partial charge in [0.15, 0.2) is 12.2 Å². The van der Waals surface area contributed by atoms with Gasteiger partial charge < -0.3 is 14.1 Å². The fraction of sp³-hybridized carbons (Fsp3) is 0.389. The number of halogens is 3. The topological polar surface area (TPSA) is 72.9 Å². The molecule has 1 atom stereocenters. The molecule has 4 heterocycles. The van der Waals surface area contributed by atoms with Gasteiger partial charge in [0, 0.05) is 32.3 Å². The van der Waals surface area contributed by atoms with Gasteiger partial charge in [0.25, 0.3) is 5.91 Å². The number of hydrogen-bond acceptors (Lipinski definition) is 5. The molecular formula is C18H17F3N4O3. The molecule has 3 aromatic rings. The van der Waals surface area contributed by atoms with Gasteiger partial charge in [0.05, 0.1) is 30.1 Å². The number of rotatable bonds is 4. The lowest BCUT2D eigenvalue weighted by molar-refractivity contribution is -0.137. The zero-order valence-corrected chi connectivity index (χ0v) is 14.9. The summed E-state index contributed by atoms with van der Waals surface area (Å²) >= 11 is 0. The van der Waals surface area contributed by atoms with Gasteiger partial charge >= 0.3 is 6.18 Å². The van der Waals surface area contributed by atoms with Crippen LogP contribution in [-0.4, -0.2) is 52.0 Å². The summed E-state index contributed by atoms with van der Waals surface area (Å²) in [7, 11) is 1.62. The van der Waals surface area contributed by atoms with E-state index in [0.29, 0.717) is 19.8 Å². The van der Waals surface area contributed by atoms with Crippen molar-refractivity contribution in [2.24, 2.45) is 5.92 Å². The number of carbonyl (C=O) groups is 1. The van der Waals surface area contributed by atoms with Crippen LogP contribution >= 0.6 is 0 Å². The lowest BCUT2D eigenvalue weighted by atomic mass is 10.1. The third-order valence-corrected chi connectivity index (χ3v) is 4.75. The molecule has 28 heavy (non-hydrogen) atoms. The standard InChI is InChI=1S/C18H17F3N4O3/c1-24(7-11-2-3-27-9-11)17(26)14-5-23-16-13(15-6-22-10-28-15)4-12(8-25(14)16)18(19,20)21/h4-6,8,10-11H,2-3,7,9H2,1H3. The largest absolute Gasteiger partial charge is 0.443 e. The predicted octanol–water partition coefficient (Wildman–Crippen LogP) is 3.12. The Hall–Kier alpha value is -2.88. The van der Waals surface area contributed by atoms with E-state index in [4.69, 9.17) is 9.15 Å². The summed E-state index contributed by atoms with van der Waals surface area (Å²) in [5.41, 5.74) is -0.572. The quantitative estimate of drug-likeness (QED) is 0.680. The van der Waals surface area contributed by atoms with Crippen molar-refractivity contribution in [3.63, 3.8) is 0 Å². The minimum absolute atomic E-state index is 0.0447. The van der Waals surface area contributed by atoms with Crippen LogP contribution in [0.5, 0.6) is 0 Å². The van der Waals surface area contributed by atoms with E-state index < -0.39 is 17.6 Å². The molecule has 0 bridgehead atoms. The summed E-state index contributed by atoms with van der Waals surface area (Å²) < 4.78 is 51.9. The van der Waals surface area contributed by atoms with Crippen molar-refractivity contribution < 1.29 is 27.1 Å². The molecule has 7 nitrogen and oxygen atoms in total. The van der Waals surface area contributed by atoms with E-state index in [-0.39, 0.29) is 28.6 Å². The van der Waals surface area contributed by atoms with Crippen molar-refractivity contribution in [1.82, 2.24) is 19.3 Å². The first-order valence-corrected chi connectivity index (χ1v) is 8.65. The van der Waals surface area contributed by atoms with Crippen LogP contribution < -0.4 is 0 Å². The highest BCUT2D eigenvalue weighted by molar-refractivity contribution is 5.94. The van der Waals surface area contributed by atoms with Gasteiger partial charge in [0.2, 0.25) is 0 Å². The maximum Gasteiger partial charge on any atom is 0.417 e. The molecule has 0 aromatic carbocycles. The molecule has 1 fully saturated rings. The van der Waals surface area contributed by atoms with Crippen molar-refractivity contribution >= 4 is 11.6 Å². The van der Waals surface area contributed by atoms with E-state index in [1.54, 1.807) is 7.05 Å². The molecule has 1 aliphatic rings. The van der Waals surface area contributed by atoms with E-state index in [1.165, 1.54) is 17.3 Å². The number of ether oxygens (including phenoxy) is 1. The van der Waals surface area contributed by atoms with Crippen molar-refractivity contribution in [3.05, 3.63) is 42.3 Å². The van der Waals surface area contributed by atoms with Gasteiger partial charge in [-0.15, -0.1) is 0 Å². The molecule has 0 saturated carbocycles. The van der Waals surface area contributed by atoms with Crippen LogP contribution in [0.25, 0.3) is 17.0 Å². The molecule has 4 rings (SSSR count). The summed E-state index contributed by atoms with van der Waals surface area (Å²) in [6.07, 6.45) is 0.830. The molecular weight excluding hydrogens is 377 g/mol. The summed E-state index contributed by atoms with van der Waals surface area (Å²) in [5.74, 6) is -0.0666. The number of alkyl halides is 3. The third kappa shape index (κ3) is 3.35. The Labute approximate surface area is 157 Å². The van der Waals surface area contributed by atoms with Crippen LogP contribution in [0.15, 0.2) is 35.5 Å². The molecule has 0 aliphatic carbocycles. The lowest BCUT2D eigenvalue weighted by Gasteiger charge is -2.20. The minimum atomic E-state index is -4.60. The van der Waals surface area contributed by atoms with Gasteiger partial charge in [-0.1, -0.05) is 0 Å². The molecule has 0 spiro atoms. The molecule has 1 amide bonds. The summed E-state index contributed by atoms with van der Waals surface area (Å²) in [6, 6.07) is 0.941. The lowest BCUT2D eigenvalue weighted by Crippen LogP contribution is -2.32. The van der Waals surface area contributed by atoms with Gasteiger partial charge in [-0.25, -0.2) is 9.97 Å². The SMILES string of the molecule is CN(CC1CCOC1)C(=O)c1cnc2c(-c3cnco3)cc(C(F)(F)F)cn12. The molecule has 10 heteroatoms. The number of fused-ring (bicyclic) bond motifs is 1. The van der Waals surface area contributed by atoms with Crippen molar-refractivity contribution in [2.45, 2.75) is 12.6 Å². The number of amides is 1. The van der Waals surface area contributed by atoms with Crippen LogP contribution in [0, 0.1) is 5.92 Å². The summed E-state index contributed by atoms with van der Waals surface area (Å²) in [6.45, 7) is 1.68. The Bertz CT molecular complexity index is 992. The van der Waals surface area contributed by atoms with Crippen LogP contribution in [0.2, 0.25) is 0 Å².